The molecular weight excluding hydrogens is 250 g/mol. The molecule has 0 radical (unpaired) electrons. The normalized spacial score (nSPS) is 10.8. The van der Waals surface area contributed by atoms with Crippen LogP contribution in [0.2, 0.25) is 0 Å². The van der Waals surface area contributed by atoms with E-state index in [2.05, 4.69) is 29.0 Å². The van der Waals surface area contributed by atoms with Gasteiger partial charge in [0, 0.05) is 24.5 Å². The number of oxazole rings is 1. The average molecular weight is 267 g/mol. The third-order valence-electron chi connectivity index (χ3n) is 3.16. The minimum Gasteiger partial charge on any atom is -0.444 e. The molecule has 3 aromatic rings. The number of hydrogen-bond acceptors (Lipinski definition) is 3. The second kappa shape index (κ2) is 5.74. The van der Waals surface area contributed by atoms with Gasteiger partial charge in [0.15, 0.2) is 0 Å². The van der Waals surface area contributed by atoms with Crippen molar-refractivity contribution in [2.75, 3.05) is 0 Å². The predicted octanol–water partition coefficient (Wildman–Crippen LogP) is 3.54. The molecule has 0 aliphatic heterocycles. The highest BCUT2D eigenvalue weighted by Crippen LogP contribution is 2.20. The molecule has 0 N–H and O–H groups in total. The summed E-state index contributed by atoms with van der Waals surface area (Å²) in [5, 5.41) is 0. The van der Waals surface area contributed by atoms with Crippen LogP contribution < -0.4 is 0 Å². The minimum atomic E-state index is 0.695. The molecule has 102 valence electrons. The molecule has 4 heteroatoms. The first-order valence-corrected chi connectivity index (χ1v) is 6.84. The van der Waals surface area contributed by atoms with Gasteiger partial charge in [0.1, 0.15) is 6.26 Å². The van der Waals surface area contributed by atoms with Gasteiger partial charge < -0.3 is 8.98 Å². The molecule has 1 aromatic carbocycles. The summed E-state index contributed by atoms with van der Waals surface area (Å²) in [6.45, 7) is 2.94. The second-order valence-electron chi connectivity index (χ2n) is 4.83. The molecule has 2 heterocycles. The Bertz CT molecular complexity index is 671. The van der Waals surface area contributed by atoms with Crippen LogP contribution in [0.4, 0.5) is 0 Å². The molecule has 0 amide bonds. The van der Waals surface area contributed by atoms with Gasteiger partial charge in [-0.3, -0.25) is 0 Å². The van der Waals surface area contributed by atoms with E-state index in [1.165, 1.54) is 5.56 Å². The summed E-state index contributed by atoms with van der Waals surface area (Å²) in [6, 6.07) is 8.27. The largest absolute Gasteiger partial charge is 0.444 e. The SMILES string of the molecule is CCCc1coc(-c2cccc(Cn3ccnc3)c2)n1. The average Bonchev–Trinajstić information content (AvgIpc) is 3.11. The van der Waals surface area contributed by atoms with E-state index in [9.17, 15) is 0 Å². The van der Waals surface area contributed by atoms with Crippen molar-refractivity contribution in [1.29, 1.82) is 0 Å². The summed E-state index contributed by atoms with van der Waals surface area (Å²) < 4.78 is 7.60. The Morgan fingerprint density at radius 3 is 3.05 bits per heavy atom. The highest BCUT2D eigenvalue weighted by atomic mass is 16.3. The van der Waals surface area contributed by atoms with Gasteiger partial charge in [0.2, 0.25) is 5.89 Å². The summed E-state index contributed by atoms with van der Waals surface area (Å²) in [4.78, 5) is 8.58. The first-order chi connectivity index (χ1) is 9.85. The van der Waals surface area contributed by atoms with Gasteiger partial charge in [-0.15, -0.1) is 0 Å². The number of nitrogens with zero attached hydrogens (tertiary/aromatic N) is 3. The van der Waals surface area contributed by atoms with Gasteiger partial charge in [-0.05, 0) is 24.1 Å². The van der Waals surface area contributed by atoms with Crippen LogP contribution in [-0.4, -0.2) is 14.5 Å². The van der Waals surface area contributed by atoms with E-state index in [0.29, 0.717) is 5.89 Å². The molecular formula is C16H17N3O. The summed E-state index contributed by atoms with van der Waals surface area (Å²) in [5.41, 5.74) is 3.24. The van der Waals surface area contributed by atoms with Crippen LogP contribution in [0.15, 0.2) is 53.7 Å². The molecule has 0 aliphatic rings. The molecule has 0 aliphatic carbocycles. The third-order valence-corrected chi connectivity index (χ3v) is 3.16. The maximum atomic E-state index is 5.56. The summed E-state index contributed by atoms with van der Waals surface area (Å²) in [6.07, 6.45) is 9.34. The lowest BCUT2D eigenvalue weighted by Gasteiger charge is -2.04. The Morgan fingerprint density at radius 2 is 2.25 bits per heavy atom. The Kier molecular flexibility index (Phi) is 3.63. The quantitative estimate of drug-likeness (QED) is 0.710. The lowest BCUT2D eigenvalue weighted by Crippen LogP contribution is -1.96. The Hall–Kier alpha value is -2.36. The fourth-order valence-corrected chi connectivity index (χ4v) is 2.20. The molecule has 0 fully saturated rings. The molecule has 0 saturated heterocycles. The fraction of sp³-hybridized carbons (Fsp3) is 0.250. The first kappa shape index (κ1) is 12.7. The van der Waals surface area contributed by atoms with E-state index in [0.717, 1.165) is 30.6 Å². The molecule has 20 heavy (non-hydrogen) atoms. The van der Waals surface area contributed by atoms with Crippen LogP contribution in [0.5, 0.6) is 0 Å². The highest BCUT2D eigenvalue weighted by Gasteiger charge is 2.07. The van der Waals surface area contributed by atoms with Crippen molar-refractivity contribution >= 4 is 0 Å². The molecule has 0 saturated carbocycles. The lowest BCUT2D eigenvalue weighted by atomic mass is 10.1. The zero-order valence-corrected chi connectivity index (χ0v) is 11.5. The fourth-order valence-electron chi connectivity index (χ4n) is 2.20. The zero-order valence-electron chi connectivity index (χ0n) is 11.5. The van der Waals surface area contributed by atoms with E-state index in [1.807, 2.05) is 29.2 Å². The molecule has 0 atom stereocenters. The van der Waals surface area contributed by atoms with Crippen molar-refractivity contribution in [3.63, 3.8) is 0 Å². The highest BCUT2D eigenvalue weighted by molar-refractivity contribution is 5.54. The van der Waals surface area contributed by atoms with Gasteiger partial charge in [-0.25, -0.2) is 9.97 Å². The number of aryl methyl sites for hydroxylation is 1. The van der Waals surface area contributed by atoms with Gasteiger partial charge in [0.25, 0.3) is 0 Å². The van der Waals surface area contributed by atoms with Crippen molar-refractivity contribution in [1.82, 2.24) is 14.5 Å². The number of rotatable bonds is 5. The van der Waals surface area contributed by atoms with E-state index in [4.69, 9.17) is 4.42 Å². The number of hydrogen-bond donors (Lipinski definition) is 0. The van der Waals surface area contributed by atoms with Crippen molar-refractivity contribution in [2.24, 2.45) is 0 Å². The zero-order chi connectivity index (χ0) is 13.8. The van der Waals surface area contributed by atoms with E-state index in [-0.39, 0.29) is 0 Å². The summed E-state index contributed by atoms with van der Waals surface area (Å²) >= 11 is 0. The van der Waals surface area contributed by atoms with Crippen molar-refractivity contribution < 1.29 is 4.42 Å². The van der Waals surface area contributed by atoms with Gasteiger partial charge in [-0.1, -0.05) is 25.5 Å². The molecule has 0 unspecified atom stereocenters. The Morgan fingerprint density at radius 1 is 1.30 bits per heavy atom. The van der Waals surface area contributed by atoms with E-state index >= 15 is 0 Å². The van der Waals surface area contributed by atoms with Crippen LogP contribution in [0.3, 0.4) is 0 Å². The van der Waals surface area contributed by atoms with E-state index in [1.54, 1.807) is 12.5 Å². The van der Waals surface area contributed by atoms with Crippen molar-refractivity contribution in [3.05, 3.63) is 60.5 Å². The number of benzene rings is 1. The standard InChI is InChI=1S/C16H17N3O/c1-2-4-15-11-20-16(18-15)14-6-3-5-13(9-14)10-19-8-7-17-12-19/h3,5-9,11-12H,2,4,10H2,1H3. The molecule has 3 rings (SSSR count). The Balaban J connectivity index is 1.82. The van der Waals surface area contributed by atoms with E-state index < -0.39 is 0 Å². The van der Waals surface area contributed by atoms with Gasteiger partial charge in [0.05, 0.1) is 12.0 Å². The molecule has 0 bridgehead atoms. The molecule has 2 aromatic heterocycles. The molecule has 0 spiro atoms. The first-order valence-electron chi connectivity index (χ1n) is 6.84. The number of imidazole rings is 1. The lowest BCUT2D eigenvalue weighted by molar-refractivity contribution is 0.572. The smallest absolute Gasteiger partial charge is 0.226 e. The summed E-state index contributed by atoms with van der Waals surface area (Å²) in [5.74, 6) is 0.695. The monoisotopic (exact) mass is 267 g/mol. The maximum Gasteiger partial charge on any atom is 0.226 e. The predicted molar refractivity (Wildman–Crippen MR) is 77.3 cm³/mol. The topological polar surface area (TPSA) is 43.9 Å². The van der Waals surface area contributed by atoms with Gasteiger partial charge in [-0.2, -0.15) is 0 Å². The summed E-state index contributed by atoms with van der Waals surface area (Å²) in [7, 11) is 0. The third kappa shape index (κ3) is 2.79. The van der Waals surface area contributed by atoms with Crippen LogP contribution in [0.25, 0.3) is 11.5 Å². The second-order valence-corrected chi connectivity index (χ2v) is 4.83. The number of aromatic nitrogens is 3. The van der Waals surface area contributed by atoms with Crippen molar-refractivity contribution in [2.45, 2.75) is 26.3 Å². The minimum absolute atomic E-state index is 0.695. The van der Waals surface area contributed by atoms with Crippen molar-refractivity contribution in [3.8, 4) is 11.5 Å². The van der Waals surface area contributed by atoms with Crippen LogP contribution in [-0.2, 0) is 13.0 Å². The van der Waals surface area contributed by atoms with Crippen LogP contribution >= 0.6 is 0 Å². The van der Waals surface area contributed by atoms with Crippen LogP contribution in [0, 0.1) is 0 Å². The van der Waals surface area contributed by atoms with Crippen LogP contribution in [0.1, 0.15) is 24.6 Å². The van der Waals surface area contributed by atoms with Gasteiger partial charge >= 0.3 is 0 Å². The Labute approximate surface area is 118 Å². The molecule has 4 nitrogen and oxygen atoms in total. The maximum absolute atomic E-state index is 5.56.